The van der Waals surface area contributed by atoms with Gasteiger partial charge in [0.25, 0.3) is 5.91 Å². The van der Waals surface area contributed by atoms with Crippen LogP contribution in [0.15, 0.2) is 29.4 Å². The predicted octanol–water partition coefficient (Wildman–Crippen LogP) is 2.45. The number of aromatic nitrogens is 3. The van der Waals surface area contributed by atoms with Crippen molar-refractivity contribution >= 4 is 23.1 Å². The normalized spacial score (nSPS) is 29.4. The maximum atomic E-state index is 13.4. The first-order valence-electron chi connectivity index (χ1n) is 12.0. The number of β-amino-alcohol motifs (C(OH)–C–C–N with tert-alkyl or cyclic N) is 1. The lowest BCUT2D eigenvalue weighted by Crippen LogP contribution is -2.43. The number of carbonyl (C=O) groups is 1. The van der Waals surface area contributed by atoms with Crippen LogP contribution >= 0.6 is 0 Å². The summed E-state index contributed by atoms with van der Waals surface area (Å²) >= 11 is 0. The van der Waals surface area contributed by atoms with E-state index in [1.54, 1.807) is 16.7 Å². The van der Waals surface area contributed by atoms with Crippen LogP contribution in [0.2, 0.25) is 0 Å². The number of anilines is 1. The molecule has 178 valence electrons. The van der Waals surface area contributed by atoms with Gasteiger partial charge in [-0.1, -0.05) is 13.0 Å². The second-order valence-corrected chi connectivity index (χ2v) is 10.1. The first-order valence-corrected chi connectivity index (χ1v) is 12.0. The Morgan fingerprint density at radius 1 is 1.32 bits per heavy atom. The van der Waals surface area contributed by atoms with E-state index in [1.165, 1.54) is 0 Å². The maximum absolute atomic E-state index is 13.4. The summed E-state index contributed by atoms with van der Waals surface area (Å²) in [5, 5.41) is 24.3. The molecule has 0 bridgehead atoms. The molecule has 9 heteroatoms. The standard InChI is InChI=1S/C25H31N7O2/c1-16-11-30(13-21(16)33)23-17(2)12-32-22(28-23)10-19(29-32)20-6-4-5-9-31(20)24(34)18-7-8-25(3,14-26)15-27-18/h7-8,10,12,16,20-21,33H,4-6,9,11,13,15H2,1-3H3/t16-,20+,21+,25?/m1/s1. The van der Waals surface area contributed by atoms with E-state index >= 15 is 0 Å². The second kappa shape index (κ2) is 8.51. The van der Waals surface area contributed by atoms with E-state index in [-0.39, 0.29) is 24.0 Å². The van der Waals surface area contributed by atoms with Crippen molar-refractivity contribution < 1.29 is 9.90 Å². The summed E-state index contributed by atoms with van der Waals surface area (Å²) in [6.45, 7) is 8.19. The molecule has 1 amide bonds. The summed E-state index contributed by atoms with van der Waals surface area (Å²) in [5.74, 6) is 0.978. The number of aryl methyl sites for hydroxylation is 1. The molecule has 4 atom stereocenters. The zero-order chi connectivity index (χ0) is 24.0. The highest BCUT2D eigenvalue weighted by atomic mass is 16.3. The molecule has 3 aliphatic rings. The number of dihydropyridines is 1. The molecule has 0 spiro atoms. The minimum Gasteiger partial charge on any atom is -0.391 e. The van der Waals surface area contributed by atoms with Crippen LogP contribution in [0.5, 0.6) is 0 Å². The van der Waals surface area contributed by atoms with Crippen LogP contribution in [0.1, 0.15) is 50.4 Å². The number of hydrogen-bond acceptors (Lipinski definition) is 7. The van der Waals surface area contributed by atoms with Crippen LogP contribution < -0.4 is 4.90 Å². The molecule has 2 saturated heterocycles. The highest BCUT2D eigenvalue weighted by molar-refractivity contribution is 6.43. The first-order chi connectivity index (χ1) is 16.3. The van der Waals surface area contributed by atoms with Gasteiger partial charge in [-0.3, -0.25) is 9.79 Å². The molecule has 1 N–H and O–H groups in total. The summed E-state index contributed by atoms with van der Waals surface area (Å²) in [5.41, 5.74) is 2.32. The van der Waals surface area contributed by atoms with Gasteiger partial charge in [-0.25, -0.2) is 9.50 Å². The fraction of sp³-hybridized carbons (Fsp3) is 0.560. The van der Waals surface area contributed by atoms with Crippen LogP contribution in [0, 0.1) is 29.6 Å². The molecule has 0 radical (unpaired) electrons. The molecule has 0 aromatic carbocycles. The number of carbonyl (C=O) groups excluding carboxylic acids is 1. The maximum Gasteiger partial charge on any atom is 0.272 e. The Morgan fingerprint density at radius 2 is 2.15 bits per heavy atom. The molecule has 1 unspecified atom stereocenters. The summed E-state index contributed by atoms with van der Waals surface area (Å²) in [4.78, 5) is 26.7. The van der Waals surface area contributed by atoms with Crippen LogP contribution in [0.3, 0.4) is 0 Å². The number of aliphatic hydroxyl groups is 1. The number of piperidine rings is 1. The van der Waals surface area contributed by atoms with E-state index in [4.69, 9.17) is 10.1 Å². The third-order valence-corrected chi connectivity index (χ3v) is 7.26. The molecule has 5 rings (SSSR count). The summed E-state index contributed by atoms with van der Waals surface area (Å²) < 4.78 is 1.79. The van der Waals surface area contributed by atoms with E-state index in [1.807, 2.05) is 31.0 Å². The fourth-order valence-electron chi connectivity index (χ4n) is 5.08. The van der Waals surface area contributed by atoms with Gasteiger partial charge in [0.2, 0.25) is 0 Å². The van der Waals surface area contributed by atoms with Gasteiger partial charge >= 0.3 is 0 Å². The molecule has 2 fully saturated rings. The Balaban J connectivity index is 1.42. The fourth-order valence-corrected chi connectivity index (χ4v) is 5.08. The number of aliphatic imine (C=N–C) groups is 1. The average molecular weight is 462 g/mol. The number of hydrogen-bond donors (Lipinski definition) is 1. The van der Waals surface area contributed by atoms with Crippen LogP contribution in [0.4, 0.5) is 5.82 Å². The molecule has 5 heterocycles. The van der Waals surface area contributed by atoms with E-state index in [0.717, 1.165) is 48.5 Å². The number of rotatable bonds is 3. The van der Waals surface area contributed by atoms with Crippen molar-refractivity contribution in [2.24, 2.45) is 16.3 Å². The van der Waals surface area contributed by atoms with Crippen LogP contribution in [-0.2, 0) is 4.79 Å². The number of likely N-dealkylation sites (tertiary alicyclic amines) is 1. The van der Waals surface area contributed by atoms with Gasteiger partial charge in [0.15, 0.2) is 5.65 Å². The van der Waals surface area contributed by atoms with E-state index in [2.05, 4.69) is 22.9 Å². The Hall–Kier alpha value is -3.25. The minimum atomic E-state index is -0.656. The van der Waals surface area contributed by atoms with E-state index < -0.39 is 5.41 Å². The predicted molar refractivity (Wildman–Crippen MR) is 129 cm³/mol. The lowest BCUT2D eigenvalue weighted by Gasteiger charge is -2.35. The van der Waals surface area contributed by atoms with Gasteiger partial charge in [0.1, 0.15) is 11.5 Å². The highest BCUT2D eigenvalue weighted by Crippen LogP contribution is 2.33. The van der Waals surface area contributed by atoms with Crippen molar-refractivity contribution in [2.75, 3.05) is 31.1 Å². The molecule has 2 aromatic heterocycles. The van der Waals surface area contributed by atoms with Gasteiger partial charge in [-0.15, -0.1) is 0 Å². The molecule has 34 heavy (non-hydrogen) atoms. The molecular formula is C25H31N7O2. The number of fused-ring (bicyclic) bond motifs is 1. The largest absolute Gasteiger partial charge is 0.391 e. The van der Waals surface area contributed by atoms with Crippen LogP contribution in [0.25, 0.3) is 5.65 Å². The Labute approximate surface area is 199 Å². The monoisotopic (exact) mass is 461 g/mol. The van der Waals surface area contributed by atoms with E-state index in [9.17, 15) is 15.2 Å². The molecular weight excluding hydrogens is 430 g/mol. The van der Waals surface area contributed by atoms with Crippen molar-refractivity contribution in [2.45, 2.75) is 52.2 Å². The van der Waals surface area contributed by atoms with Gasteiger partial charge in [-0.05, 0) is 39.2 Å². The van der Waals surface area contributed by atoms with Crippen LogP contribution in [-0.4, -0.2) is 68.5 Å². The SMILES string of the molecule is Cc1cn2nc([C@@H]3CCCCN3C(=O)C3=NCC(C)(C#N)C=C3)cc2nc1N1C[C@@H](C)[C@@H](O)C1. The third kappa shape index (κ3) is 3.96. The van der Waals surface area contributed by atoms with Gasteiger partial charge in [-0.2, -0.15) is 10.4 Å². The smallest absolute Gasteiger partial charge is 0.272 e. The number of aliphatic hydroxyl groups excluding tert-OH is 1. The molecule has 0 aliphatic carbocycles. The number of amides is 1. The highest BCUT2D eigenvalue weighted by Gasteiger charge is 2.34. The van der Waals surface area contributed by atoms with Gasteiger partial charge in [0.05, 0.1) is 35.9 Å². The Kier molecular flexibility index (Phi) is 5.64. The third-order valence-electron chi connectivity index (χ3n) is 7.26. The summed E-state index contributed by atoms with van der Waals surface area (Å²) in [6, 6.07) is 4.08. The quantitative estimate of drug-likeness (QED) is 0.752. The molecule has 0 saturated carbocycles. The van der Waals surface area contributed by atoms with E-state index in [0.29, 0.717) is 25.3 Å². The lowest BCUT2D eigenvalue weighted by molar-refractivity contribution is -0.127. The van der Waals surface area contributed by atoms with Crippen molar-refractivity contribution in [1.29, 1.82) is 5.26 Å². The topological polar surface area (TPSA) is 110 Å². The molecule has 2 aromatic rings. The summed E-state index contributed by atoms with van der Waals surface area (Å²) in [6.07, 6.45) is 7.90. The lowest BCUT2D eigenvalue weighted by atomic mass is 9.89. The first kappa shape index (κ1) is 22.5. The van der Waals surface area contributed by atoms with Crippen molar-refractivity contribution in [3.05, 3.63) is 35.7 Å². The zero-order valence-electron chi connectivity index (χ0n) is 20.0. The van der Waals surface area contributed by atoms with Crippen molar-refractivity contribution in [3.8, 4) is 6.07 Å². The number of nitrogens with zero attached hydrogens (tertiary/aromatic N) is 7. The van der Waals surface area contributed by atoms with Gasteiger partial charge in [0, 0.05) is 43.4 Å². The molecule has 9 nitrogen and oxygen atoms in total. The average Bonchev–Trinajstić information content (AvgIpc) is 3.40. The number of nitriles is 1. The Morgan fingerprint density at radius 3 is 2.82 bits per heavy atom. The summed E-state index contributed by atoms with van der Waals surface area (Å²) in [7, 11) is 0. The van der Waals surface area contributed by atoms with Crippen molar-refractivity contribution in [1.82, 2.24) is 19.5 Å². The molecule has 3 aliphatic heterocycles. The Bertz CT molecular complexity index is 1220. The minimum absolute atomic E-state index is 0.108. The van der Waals surface area contributed by atoms with Crippen molar-refractivity contribution in [3.63, 3.8) is 0 Å². The second-order valence-electron chi connectivity index (χ2n) is 10.1. The zero-order valence-corrected chi connectivity index (χ0v) is 20.0. The van der Waals surface area contributed by atoms with Gasteiger partial charge < -0.3 is 14.9 Å².